The highest BCUT2D eigenvalue weighted by Crippen LogP contribution is 2.30. The fourth-order valence-corrected chi connectivity index (χ4v) is 2.34. The van der Waals surface area contributed by atoms with E-state index < -0.39 is 0 Å². The van der Waals surface area contributed by atoms with Crippen LogP contribution in [0.15, 0.2) is 18.2 Å². The van der Waals surface area contributed by atoms with E-state index in [2.05, 4.69) is 24.1 Å². The van der Waals surface area contributed by atoms with Crippen LogP contribution in [0.2, 0.25) is 0 Å². The Hall–Kier alpha value is -1.13. The van der Waals surface area contributed by atoms with Gasteiger partial charge in [0.1, 0.15) is 5.82 Å². The maximum Gasteiger partial charge on any atom is 0.130 e. The summed E-state index contributed by atoms with van der Waals surface area (Å²) in [4.78, 5) is 2.23. The third-order valence-electron chi connectivity index (χ3n) is 3.86. The highest BCUT2D eigenvalue weighted by Gasteiger charge is 2.21. The largest absolute Gasteiger partial charge is 0.383 e. The zero-order valence-electron chi connectivity index (χ0n) is 13.2. The average molecular weight is 282 g/mol. The molecule has 0 saturated carbocycles. The van der Waals surface area contributed by atoms with E-state index in [1.165, 1.54) is 6.07 Å². The standard InChI is InChI=1S/C16H27FN2O/c1-6-12(2)19(10-11-20-5)15-9-7-8-14(17)16(15)13(3)18-4/h7-9,12-13,18H,6,10-11H2,1-5H3. The van der Waals surface area contributed by atoms with Crippen LogP contribution in [0.4, 0.5) is 10.1 Å². The lowest BCUT2D eigenvalue weighted by Crippen LogP contribution is -2.37. The molecule has 0 amide bonds. The van der Waals surface area contributed by atoms with Gasteiger partial charge in [-0.3, -0.25) is 0 Å². The molecule has 0 radical (unpaired) electrons. The van der Waals surface area contributed by atoms with E-state index in [9.17, 15) is 4.39 Å². The number of nitrogens with zero attached hydrogens (tertiary/aromatic N) is 1. The second kappa shape index (κ2) is 8.22. The van der Waals surface area contributed by atoms with E-state index in [0.29, 0.717) is 12.6 Å². The summed E-state index contributed by atoms with van der Waals surface area (Å²) in [5, 5.41) is 3.13. The number of hydrogen-bond donors (Lipinski definition) is 1. The van der Waals surface area contributed by atoms with Gasteiger partial charge >= 0.3 is 0 Å². The molecule has 0 saturated heterocycles. The quantitative estimate of drug-likeness (QED) is 0.791. The van der Waals surface area contributed by atoms with Crippen molar-refractivity contribution in [1.82, 2.24) is 5.32 Å². The fourth-order valence-electron chi connectivity index (χ4n) is 2.34. The van der Waals surface area contributed by atoms with Gasteiger partial charge in [0.05, 0.1) is 6.61 Å². The normalized spacial score (nSPS) is 14.1. The number of rotatable bonds is 8. The lowest BCUT2D eigenvalue weighted by Gasteiger charge is -2.33. The first-order valence-electron chi connectivity index (χ1n) is 7.28. The first-order valence-corrected chi connectivity index (χ1v) is 7.28. The molecular formula is C16H27FN2O. The molecule has 2 unspecified atom stereocenters. The van der Waals surface area contributed by atoms with E-state index in [1.807, 2.05) is 20.0 Å². The van der Waals surface area contributed by atoms with Gasteiger partial charge in [-0.15, -0.1) is 0 Å². The second-order valence-corrected chi connectivity index (χ2v) is 5.13. The molecular weight excluding hydrogens is 255 g/mol. The Morgan fingerprint density at radius 2 is 2.05 bits per heavy atom. The van der Waals surface area contributed by atoms with E-state index in [4.69, 9.17) is 4.74 Å². The third-order valence-corrected chi connectivity index (χ3v) is 3.86. The van der Waals surface area contributed by atoms with Crippen molar-refractivity contribution in [2.75, 3.05) is 32.2 Å². The summed E-state index contributed by atoms with van der Waals surface area (Å²) in [6.07, 6.45) is 1.01. The molecule has 4 heteroatoms. The summed E-state index contributed by atoms with van der Waals surface area (Å²) >= 11 is 0. The zero-order chi connectivity index (χ0) is 15.1. The topological polar surface area (TPSA) is 24.5 Å². The van der Waals surface area contributed by atoms with Crippen molar-refractivity contribution in [3.63, 3.8) is 0 Å². The van der Waals surface area contributed by atoms with E-state index in [-0.39, 0.29) is 11.9 Å². The van der Waals surface area contributed by atoms with E-state index >= 15 is 0 Å². The van der Waals surface area contributed by atoms with Crippen LogP contribution >= 0.6 is 0 Å². The molecule has 0 aliphatic heterocycles. The highest BCUT2D eigenvalue weighted by atomic mass is 19.1. The van der Waals surface area contributed by atoms with Gasteiger partial charge in [0, 0.05) is 37.0 Å². The minimum Gasteiger partial charge on any atom is -0.383 e. The summed E-state index contributed by atoms with van der Waals surface area (Å²) in [6.45, 7) is 7.68. The molecule has 1 N–H and O–H groups in total. The zero-order valence-corrected chi connectivity index (χ0v) is 13.2. The van der Waals surface area contributed by atoms with Crippen molar-refractivity contribution in [3.8, 4) is 0 Å². The molecule has 0 aromatic heterocycles. The van der Waals surface area contributed by atoms with Gasteiger partial charge in [-0.05, 0) is 39.4 Å². The van der Waals surface area contributed by atoms with Crippen molar-refractivity contribution in [1.29, 1.82) is 0 Å². The number of anilines is 1. The first kappa shape index (κ1) is 16.9. The highest BCUT2D eigenvalue weighted by molar-refractivity contribution is 5.56. The molecule has 1 aromatic rings. The van der Waals surface area contributed by atoms with Crippen LogP contribution in [0, 0.1) is 5.82 Å². The molecule has 114 valence electrons. The van der Waals surface area contributed by atoms with E-state index in [1.54, 1.807) is 13.2 Å². The Labute approximate surface area is 122 Å². The predicted molar refractivity (Wildman–Crippen MR) is 82.8 cm³/mol. The van der Waals surface area contributed by atoms with Crippen LogP contribution in [-0.4, -0.2) is 33.4 Å². The summed E-state index contributed by atoms with van der Waals surface area (Å²) < 4.78 is 19.4. The van der Waals surface area contributed by atoms with Crippen molar-refractivity contribution < 1.29 is 9.13 Å². The van der Waals surface area contributed by atoms with E-state index in [0.717, 1.165) is 24.2 Å². The van der Waals surface area contributed by atoms with Gasteiger partial charge in [0.15, 0.2) is 0 Å². The van der Waals surface area contributed by atoms with Crippen LogP contribution in [0.1, 0.15) is 38.8 Å². The van der Waals surface area contributed by atoms with Crippen LogP contribution in [-0.2, 0) is 4.74 Å². The maximum absolute atomic E-state index is 14.2. The molecule has 0 heterocycles. The van der Waals surface area contributed by atoms with Crippen molar-refractivity contribution in [3.05, 3.63) is 29.6 Å². The summed E-state index contributed by atoms with van der Waals surface area (Å²) in [7, 11) is 3.54. The van der Waals surface area contributed by atoms with Gasteiger partial charge < -0.3 is 15.0 Å². The average Bonchev–Trinajstić information content (AvgIpc) is 2.46. The monoisotopic (exact) mass is 282 g/mol. The summed E-state index contributed by atoms with van der Waals surface area (Å²) in [5.41, 5.74) is 1.68. The fraction of sp³-hybridized carbons (Fsp3) is 0.625. The molecule has 0 aliphatic rings. The number of nitrogens with one attached hydrogen (secondary N) is 1. The minimum atomic E-state index is -0.157. The molecule has 2 atom stereocenters. The Kier molecular flexibility index (Phi) is 6.96. The van der Waals surface area contributed by atoms with Gasteiger partial charge in [-0.25, -0.2) is 4.39 Å². The van der Waals surface area contributed by atoms with Crippen molar-refractivity contribution >= 4 is 5.69 Å². The Bertz CT molecular complexity index is 411. The minimum absolute atomic E-state index is 0.0275. The van der Waals surface area contributed by atoms with Gasteiger partial charge in [0.25, 0.3) is 0 Å². The Morgan fingerprint density at radius 1 is 1.35 bits per heavy atom. The number of benzene rings is 1. The number of hydrogen-bond acceptors (Lipinski definition) is 3. The van der Waals surface area contributed by atoms with Gasteiger partial charge in [-0.2, -0.15) is 0 Å². The summed E-state index contributed by atoms with van der Waals surface area (Å²) in [6, 6.07) is 5.61. The van der Waals surface area contributed by atoms with Gasteiger partial charge in [-0.1, -0.05) is 13.0 Å². The van der Waals surface area contributed by atoms with Crippen molar-refractivity contribution in [2.24, 2.45) is 0 Å². The molecule has 20 heavy (non-hydrogen) atoms. The maximum atomic E-state index is 14.2. The lowest BCUT2D eigenvalue weighted by molar-refractivity contribution is 0.203. The smallest absolute Gasteiger partial charge is 0.130 e. The molecule has 0 bridgehead atoms. The molecule has 0 spiro atoms. The Balaban J connectivity index is 3.21. The van der Waals surface area contributed by atoms with Crippen molar-refractivity contribution in [2.45, 2.75) is 39.3 Å². The first-order chi connectivity index (χ1) is 9.56. The predicted octanol–water partition coefficient (Wildman–Crippen LogP) is 3.36. The third kappa shape index (κ3) is 3.93. The molecule has 1 aromatic carbocycles. The Morgan fingerprint density at radius 3 is 2.60 bits per heavy atom. The van der Waals surface area contributed by atoms with Gasteiger partial charge in [0.2, 0.25) is 0 Å². The lowest BCUT2D eigenvalue weighted by atomic mass is 10.0. The molecule has 0 fully saturated rings. The number of halogens is 1. The van der Waals surface area contributed by atoms with Crippen LogP contribution in [0.5, 0.6) is 0 Å². The molecule has 0 aliphatic carbocycles. The molecule has 3 nitrogen and oxygen atoms in total. The SMILES string of the molecule is CCC(C)N(CCOC)c1cccc(F)c1C(C)NC. The molecule has 1 rings (SSSR count). The summed E-state index contributed by atoms with van der Waals surface area (Å²) in [5.74, 6) is -0.157. The second-order valence-electron chi connectivity index (χ2n) is 5.13. The number of methoxy groups -OCH3 is 1. The number of ether oxygens (including phenoxy) is 1. The van der Waals surface area contributed by atoms with Crippen LogP contribution in [0.3, 0.4) is 0 Å². The van der Waals surface area contributed by atoms with Crippen LogP contribution < -0.4 is 10.2 Å². The van der Waals surface area contributed by atoms with Crippen LogP contribution in [0.25, 0.3) is 0 Å².